The number of aromatic nitrogens is 2. The largest absolute Gasteiger partial charge is 0.372 e. The van der Waals surface area contributed by atoms with Crippen LogP contribution in [0.15, 0.2) is 48.9 Å². The van der Waals surface area contributed by atoms with Crippen LogP contribution >= 0.6 is 0 Å². The smallest absolute Gasteiger partial charge is 0.103 e. The molecule has 0 bridgehead atoms. The molecule has 0 aliphatic carbocycles. The Morgan fingerprint density at radius 2 is 2.00 bits per heavy atom. The summed E-state index contributed by atoms with van der Waals surface area (Å²) in [5.74, 6) is 0. The average Bonchev–Trinajstić information content (AvgIpc) is 2.49. The topological polar surface area (TPSA) is 47.0 Å². The van der Waals surface area contributed by atoms with Gasteiger partial charge in [-0.15, -0.1) is 0 Å². The Morgan fingerprint density at radius 1 is 1.21 bits per heavy atom. The van der Waals surface area contributed by atoms with E-state index < -0.39 is 0 Å². The Bertz CT molecular complexity index is 475. The fourth-order valence-electron chi connectivity index (χ4n) is 2.13. The van der Waals surface area contributed by atoms with Gasteiger partial charge in [0.1, 0.15) is 6.10 Å². The first-order valence-electron chi connectivity index (χ1n) is 6.46. The molecule has 2 unspecified atom stereocenters. The number of likely N-dealkylation sites (N-methyl/N-ethyl adjacent to an activating group) is 1. The number of rotatable bonds is 6. The summed E-state index contributed by atoms with van der Waals surface area (Å²) in [4.78, 5) is 8.51. The van der Waals surface area contributed by atoms with Gasteiger partial charge in [0.25, 0.3) is 0 Å². The third-order valence-electron chi connectivity index (χ3n) is 2.99. The average molecular weight is 257 g/mol. The molecule has 4 nitrogen and oxygen atoms in total. The van der Waals surface area contributed by atoms with Gasteiger partial charge in [0, 0.05) is 19.0 Å². The zero-order valence-electron chi connectivity index (χ0n) is 11.3. The summed E-state index contributed by atoms with van der Waals surface area (Å²) >= 11 is 0. The third kappa shape index (κ3) is 3.36. The third-order valence-corrected chi connectivity index (χ3v) is 2.99. The molecule has 0 fully saturated rings. The van der Waals surface area contributed by atoms with Crippen molar-refractivity contribution in [1.29, 1.82) is 0 Å². The molecule has 0 amide bonds. The highest BCUT2D eigenvalue weighted by Crippen LogP contribution is 2.30. The van der Waals surface area contributed by atoms with E-state index in [0.29, 0.717) is 6.61 Å². The Labute approximate surface area is 113 Å². The van der Waals surface area contributed by atoms with Gasteiger partial charge in [0.05, 0.1) is 17.9 Å². The molecule has 0 spiro atoms. The zero-order valence-corrected chi connectivity index (χ0v) is 11.3. The van der Waals surface area contributed by atoms with Crippen LogP contribution in [-0.4, -0.2) is 23.6 Å². The first-order chi connectivity index (χ1) is 9.36. The molecule has 19 heavy (non-hydrogen) atoms. The Hall–Kier alpha value is -1.78. The minimum Gasteiger partial charge on any atom is -0.372 e. The van der Waals surface area contributed by atoms with Crippen LogP contribution in [0, 0.1) is 0 Å². The molecule has 0 saturated heterocycles. The van der Waals surface area contributed by atoms with Gasteiger partial charge < -0.3 is 10.1 Å². The maximum absolute atomic E-state index is 5.91. The summed E-state index contributed by atoms with van der Waals surface area (Å²) in [6.07, 6.45) is 5.07. The lowest BCUT2D eigenvalue weighted by atomic mass is 10.00. The van der Waals surface area contributed by atoms with E-state index in [1.807, 2.05) is 32.2 Å². The molecular formula is C15H19N3O. The predicted molar refractivity (Wildman–Crippen MR) is 74.6 cm³/mol. The van der Waals surface area contributed by atoms with Crippen LogP contribution in [0.4, 0.5) is 0 Å². The number of nitrogens with one attached hydrogen (secondary N) is 1. The van der Waals surface area contributed by atoms with Crippen LogP contribution < -0.4 is 5.32 Å². The fraction of sp³-hybridized carbons (Fsp3) is 0.333. The molecule has 0 radical (unpaired) electrons. The maximum atomic E-state index is 5.91. The standard InChI is InChI=1S/C15H19N3O/c1-3-19-15(12-7-5-4-6-8-12)14(16-2)13-11-17-9-10-18-13/h4-11,14-16H,3H2,1-2H3. The van der Waals surface area contributed by atoms with Gasteiger partial charge in [-0.25, -0.2) is 0 Å². The van der Waals surface area contributed by atoms with Gasteiger partial charge in [-0.1, -0.05) is 30.3 Å². The van der Waals surface area contributed by atoms with E-state index >= 15 is 0 Å². The lowest BCUT2D eigenvalue weighted by Crippen LogP contribution is -2.26. The van der Waals surface area contributed by atoms with Crippen LogP contribution in [-0.2, 0) is 4.74 Å². The Kier molecular flexibility index (Phi) is 5.01. The van der Waals surface area contributed by atoms with Crippen molar-refractivity contribution < 1.29 is 4.74 Å². The van der Waals surface area contributed by atoms with Crippen molar-refractivity contribution >= 4 is 0 Å². The van der Waals surface area contributed by atoms with E-state index in [-0.39, 0.29) is 12.1 Å². The van der Waals surface area contributed by atoms with Crippen molar-refractivity contribution in [3.8, 4) is 0 Å². The van der Waals surface area contributed by atoms with Crippen molar-refractivity contribution in [3.05, 3.63) is 60.2 Å². The molecule has 2 rings (SSSR count). The van der Waals surface area contributed by atoms with Gasteiger partial charge in [0.15, 0.2) is 0 Å². The van der Waals surface area contributed by atoms with Crippen molar-refractivity contribution in [2.24, 2.45) is 0 Å². The quantitative estimate of drug-likeness (QED) is 0.863. The number of ether oxygens (including phenoxy) is 1. The summed E-state index contributed by atoms with van der Waals surface area (Å²) in [7, 11) is 1.91. The van der Waals surface area contributed by atoms with E-state index in [0.717, 1.165) is 11.3 Å². The highest BCUT2D eigenvalue weighted by Gasteiger charge is 2.25. The monoisotopic (exact) mass is 257 g/mol. The highest BCUT2D eigenvalue weighted by atomic mass is 16.5. The van der Waals surface area contributed by atoms with Crippen molar-refractivity contribution in [3.63, 3.8) is 0 Å². The summed E-state index contributed by atoms with van der Waals surface area (Å²) in [6, 6.07) is 10.2. The first kappa shape index (κ1) is 13.6. The second-order valence-electron chi connectivity index (χ2n) is 4.18. The number of hydrogen-bond donors (Lipinski definition) is 1. The molecule has 1 aromatic heterocycles. The van der Waals surface area contributed by atoms with Gasteiger partial charge in [-0.05, 0) is 19.5 Å². The molecule has 1 heterocycles. The summed E-state index contributed by atoms with van der Waals surface area (Å²) in [6.45, 7) is 2.65. The van der Waals surface area contributed by atoms with Gasteiger partial charge in [-0.3, -0.25) is 9.97 Å². The van der Waals surface area contributed by atoms with Crippen LogP contribution in [0.25, 0.3) is 0 Å². The van der Waals surface area contributed by atoms with Crippen LogP contribution in [0.3, 0.4) is 0 Å². The number of hydrogen-bond acceptors (Lipinski definition) is 4. The first-order valence-corrected chi connectivity index (χ1v) is 6.46. The summed E-state index contributed by atoms with van der Waals surface area (Å²) < 4.78 is 5.91. The minimum atomic E-state index is -0.0760. The maximum Gasteiger partial charge on any atom is 0.103 e. The highest BCUT2D eigenvalue weighted by molar-refractivity contribution is 5.22. The molecule has 0 aliphatic heterocycles. The molecule has 2 atom stereocenters. The lowest BCUT2D eigenvalue weighted by Gasteiger charge is -2.26. The minimum absolute atomic E-state index is 0.0175. The molecule has 0 aliphatic rings. The van der Waals surface area contributed by atoms with Gasteiger partial charge in [0.2, 0.25) is 0 Å². The normalized spacial score (nSPS) is 14.0. The molecule has 4 heteroatoms. The van der Waals surface area contributed by atoms with E-state index in [1.54, 1.807) is 18.6 Å². The van der Waals surface area contributed by atoms with E-state index in [4.69, 9.17) is 4.74 Å². The van der Waals surface area contributed by atoms with Crippen LogP contribution in [0.2, 0.25) is 0 Å². The van der Waals surface area contributed by atoms with Crippen molar-refractivity contribution in [1.82, 2.24) is 15.3 Å². The molecule has 1 aromatic carbocycles. The predicted octanol–water partition coefficient (Wildman–Crippen LogP) is 2.51. The second kappa shape index (κ2) is 6.97. The number of nitrogens with zero attached hydrogens (tertiary/aromatic N) is 2. The fourth-order valence-corrected chi connectivity index (χ4v) is 2.13. The SMILES string of the molecule is CCOC(c1ccccc1)C(NC)c1cnccn1. The van der Waals surface area contributed by atoms with E-state index in [2.05, 4.69) is 27.4 Å². The molecule has 2 aromatic rings. The van der Waals surface area contributed by atoms with Crippen LogP contribution in [0.1, 0.15) is 30.3 Å². The van der Waals surface area contributed by atoms with Crippen molar-refractivity contribution in [2.75, 3.05) is 13.7 Å². The van der Waals surface area contributed by atoms with Gasteiger partial charge >= 0.3 is 0 Å². The van der Waals surface area contributed by atoms with E-state index in [9.17, 15) is 0 Å². The Morgan fingerprint density at radius 3 is 2.58 bits per heavy atom. The van der Waals surface area contributed by atoms with E-state index in [1.165, 1.54) is 0 Å². The zero-order chi connectivity index (χ0) is 13.5. The number of benzene rings is 1. The van der Waals surface area contributed by atoms with Gasteiger partial charge in [-0.2, -0.15) is 0 Å². The summed E-state index contributed by atoms with van der Waals surface area (Å²) in [5.41, 5.74) is 2.02. The second-order valence-corrected chi connectivity index (χ2v) is 4.18. The summed E-state index contributed by atoms with van der Waals surface area (Å²) in [5, 5.41) is 3.27. The lowest BCUT2D eigenvalue weighted by molar-refractivity contribution is 0.0335. The molecule has 1 N–H and O–H groups in total. The molecule has 100 valence electrons. The molecule has 0 saturated carbocycles. The Balaban J connectivity index is 2.31. The van der Waals surface area contributed by atoms with Crippen LogP contribution in [0.5, 0.6) is 0 Å². The molecular weight excluding hydrogens is 238 g/mol. The van der Waals surface area contributed by atoms with Crippen molar-refractivity contribution in [2.45, 2.75) is 19.1 Å².